The van der Waals surface area contributed by atoms with Gasteiger partial charge in [-0.2, -0.15) is 0 Å². The lowest BCUT2D eigenvalue weighted by molar-refractivity contribution is -0.0383. The monoisotopic (exact) mass is 379 g/mol. The Morgan fingerprint density at radius 3 is 2.75 bits per heavy atom. The Kier molecular flexibility index (Phi) is 4.27. The van der Waals surface area contributed by atoms with Crippen molar-refractivity contribution >= 4 is 11.7 Å². The molecule has 1 saturated carbocycles. The van der Waals surface area contributed by atoms with E-state index in [-0.39, 0.29) is 12.1 Å². The molecular weight excluding hydrogens is 354 g/mol. The van der Waals surface area contributed by atoms with Crippen molar-refractivity contribution in [2.45, 2.75) is 50.9 Å². The van der Waals surface area contributed by atoms with Crippen LogP contribution in [0, 0.1) is 12.8 Å². The van der Waals surface area contributed by atoms with Crippen LogP contribution in [-0.2, 0) is 4.74 Å². The molecule has 0 spiro atoms. The number of aromatic carboxylic acids is 1. The van der Waals surface area contributed by atoms with Gasteiger partial charge in [-0.3, -0.25) is 0 Å². The molecule has 28 heavy (non-hydrogen) atoms. The first-order valence-electron chi connectivity index (χ1n) is 10.1. The Labute approximate surface area is 164 Å². The minimum Gasteiger partial charge on any atom is -0.490 e. The van der Waals surface area contributed by atoms with Crippen LogP contribution in [0.4, 0.5) is 5.69 Å². The van der Waals surface area contributed by atoms with Crippen molar-refractivity contribution in [3.05, 3.63) is 58.7 Å². The molecular formula is C23H25NO4. The van der Waals surface area contributed by atoms with Gasteiger partial charge >= 0.3 is 5.97 Å². The Bertz CT molecular complexity index is 921. The van der Waals surface area contributed by atoms with Gasteiger partial charge in [0, 0.05) is 23.8 Å². The minimum atomic E-state index is -0.890. The highest BCUT2D eigenvalue weighted by Crippen LogP contribution is 2.50. The second-order valence-electron chi connectivity index (χ2n) is 8.16. The maximum absolute atomic E-state index is 11.3. The number of benzene rings is 2. The standard InChI is InChI=1S/C23H25NO4/c1-13-11-14(23(25)26)4-8-17(13)21-18-3-2-10-27-22(18)19-12-16(28-15-5-6-15)7-9-20(19)24-21/h4,7-9,11-12,15,18,21-22,24H,2-3,5-6,10H2,1H3,(H,25,26)/t18-,21-,22-/m1/s1. The Balaban J connectivity index is 1.51. The number of carboxylic acids is 1. The van der Waals surface area contributed by atoms with Gasteiger partial charge in [-0.25, -0.2) is 4.79 Å². The summed E-state index contributed by atoms with van der Waals surface area (Å²) in [6.45, 7) is 2.77. The van der Waals surface area contributed by atoms with Crippen LogP contribution in [0.3, 0.4) is 0 Å². The van der Waals surface area contributed by atoms with Crippen LogP contribution in [0.1, 0.15) is 64.9 Å². The molecule has 2 fully saturated rings. The van der Waals surface area contributed by atoms with Crippen LogP contribution in [0.5, 0.6) is 5.75 Å². The highest BCUT2D eigenvalue weighted by Gasteiger charge is 2.40. The zero-order valence-electron chi connectivity index (χ0n) is 16.0. The number of aryl methyl sites for hydroxylation is 1. The molecule has 0 radical (unpaired) electrons. The number of fused-ring (bicyclic) bond motifs is 3. The van der Waals surface area contributed by atoms with Crippen molar-refractivity contribution in [3.8, 4) is 5.75 Å². The predicted octanol–water partition coefficient (Wildman–Crippen LogP) is 4.87. The van der Waals surface area contributed by atoms with Gasteiger partial charge in [0.2, 0.25) is 0 Å². The predicted molar refractivity (Wildman–Crippen MR) is 106 cm³/mol. The fourth-order valence-electron chi connectivity index (χ4n) is 4.57. The molecule has 2 aromatic rings. The molecule has 0 amide bonds. The van der Waals surface area contributed by atoms with Crippen molar-refractivity contribution in [1.29, 1.82) is 0 Å². The molecule has 2 N–H and O–H groups in total. The highest BCUT2D eigenvalue weighted by molar-refractivity contribution is 5.88. The number of hydrogen-bond acceptors (Lipinski definition) is 4. The van der Waals surface area contributed by atoms with Crippen molar-refractivity contribution in [2.24, 2.45) is 5.92 Å². The SMILES string of the molecule is Cc1cc(C(=O)O)ccc1[C@H]1Nc2ccc(OC3CC3)cc2[C@@H]2OCCC[C@H]12. The second kappa shape index (κ2) is 6.82. The largest absolute Gasteiger partial charge is 0.490 e. The van der Waals surface area contributed by atoms with E-state index in [1.54, 1.807) is 12.1 Å². The van der Waals surface area contributed by atoms with Crippen molar-refractivity contribution in [1.82, 2.24) is 0 Å². The highest BCUT2D eigenvalue weighted by atomic mass is 16.5. The summed E-state index contributed by atoms with van der Waals surface area (Å²) < 4.78 is 12.2. The van der Waals surface area contributed by atoms with E-state index in [4.69, 9.17) is 9.47 Å². The van der Waals surface area contributed by atoms with Crippen LogP contribution in [0.25, 0.3) is 0 Å². The number of carboxylic acid groups (broad SMARTS) is 1. The molecule has 2 aliphatic heterocycles. The van der Waals surface area contributed by atoms with Gasteiger partial charge in [0.25, 0.3) is 0 Å². The molecule has 3 atom stereocenters. The molecule has 2 aromatic carbocycles. The molecule has 3 aliphatic rings. The lowest BCUT2D eigenvalue weighted by Crippen LogP contribution is -2.36. The average Bonchev–Trinajstić information content (AvgIpc) is 3.51. The molecule has 0 aromatic heterocycles. The second-order valence-corrected chi connectivity index (χ2v) is 8.16. The number of hydrogen-bond donors (Lipinski definition) is 2. The molecule has 0 bridgehead atoms. The first-order valence-corrected chi connectivity index (χ1v) is 10.1. The smallest absolute Gasteiger partial charge is 0.335 e. The fourth-order valence-corrected chi connectivity index (χ4v) is 4.57. The van der Waals surface area contributed by atoms with E-state index < -0.39 is 5.97 Å². The Hall–Kier alpha value is -2.53. The lowest BCUT2D eigenvalue weighted by Gasteiger charge is -2.44. The van der Waals surface area contributed by atoms with Crippen LogP contribution >= 0.6 is 0 Å². The van der Waals surface area contributed by atoms with Crippen LogP contribution in [0.15, 0.2) is 36.4 Å². The van der Waals surface area contributed by atoms with E-state index in [2.05, 4.69) is 17.4 Å². The molecule has 1 aliphatic carbocycles. The summed E-state index contributed by atoms with van der Waals surface area (Å²) in [5, 5.41) is 13.0. The Morgan fingerprint density at radius 2 is 2.00 bits per heavy atom. The zero-order chi connectivity index (χ0) is 19.3. The van der Waals surface area contributed by atoms with Crippen molar-refractivity contribution in [3.63, 3.8) is 0 Å². The summed E-state index contributed by atoms with van der Waals surface area (Å²) in [5.74, 6) is 0.349. The van der Waals surface area contributed by atoms with Gasteiger partial charge in [-0.1, -0.05) is 6.07 Å². The van der Waals surface area contributed by atoms with E-state index in [0.717, 1.165) is 54.9 Å². The molecule has 5 rings (SSSR count). The van der Waals surface area contributed by atoms with Crippen molar-refractivity contribution < 1.29 is 19.4 Å². The molecule has 5 heteroatoms. The van der Waals surface area contributed by atoms with E-state index >= 15 is 0 Å². The quantitative estimate of drug-likeness (QED) is 0.793. The summed E-state index contributed by atoms with van der Waals surface area (Å²) in [6, 6.07) is 11.8. The molecule has 146 valence electrons. The van der Waals surface area contributed by atoms with Gasteiger partial charge < -0.3 is 19.9 Å². The van der Waals surface area contributed by atoms with E-state index in [1.807, 2.05) is 19.1 Å². The van der Waals surface area contributed by atoms with Gasteiger partial charge in [0.15, 0.2) is 0 Å². The molecule has 0 unspecified atom stereocenters. The van der Waals surface area contributed by atoms with Gasteiger partial charge in [-0.05, 0) is 74.1 Å². The number of ether oxygens (including phenoxy) is 2. The topological polar surface area (TPSA) is 67.8 Å². The number of anilines is 1. The maximum Gasteiger partial charge on any atom is 0.335 e. The Morgan fingerprint density at radius 1 is 1.14 bits per heavy atom. The third-order valence-electron chi connectivity index (χ3n) is 6.12. The number of rotatable bonds is 4. The lowest BCUT2D eigenvalue weighted by atomic mass is 9.76. The zero-order valence-corrected chi connectivity index (χ0v) is 16.0. The summed E-state index contributed by atoms with van der Waals surface area (Å²) in [7, 11) is 0. The fraction of sp³-hybridized carbons (Fsp3) is 0.435. The minimum absolute atomic E-state index is 0.0382. The van der Waals surface area contributed by atoms with E-state index in [1.165, 1.54) is 5.56 Å². The van der Waals surface area contributed by atoms with Crippen LogP contribution in [-0.4, -0.2) is 23.8 Å². The van der Waals surface area contributed by atoms with E-state index in [9.17, 15) is 9.90 Å². The number of carbonyl (C=O) groups is 1. The maximum atomic E-state index is 11.3. The summed E-state index contributed by atoms with van der Waals surface area (Å²) in [4.78, 5) is 11.3. The average molecular weight is 379 g/mol. The molecule has 1 saturated heterocycles. The third kappa shape index (κ3) is 3.14. The molecule has 5 nitrogen and oxygen atoms in total. The summed E-state index contributed by atoms with van der Waals surface area (Å²) >= 11 is 0. The summed E-state index contributed by atoms with van der Waals surface area (Å²) in [6.07, 6.45) is 4.82. The van der Waals surface area contributed by atoms with Crippen molar-refractivity contribution in [2.75, 3.05) is 11.9 Å². The summed E-state index contributed by atoms with van der Waals surface area (Å²) in [5.41, 5.74) is 4.74. The van der Waals surface area contributed by atoms with Gasteiger partial charge in [0.1, 0.15) is 5.75 Å². The first-order chi connectivity index (χ1) is 13.6. The number of nitrogens with one attached hydrogen (secondary N) is 1. The molecule has 2 heterocycles. The van der Waals surface area contributed by atoms with E-state index in [0.29, 0.717) is 17.6 Å². The van der Waals surface area contributed by atoms with Gasteiger partial charge in [-0.15, -0.1) is 0 Å². The first kappa shape index (κ1) is 17.6. The third-order valence-corrected chi connectivity index (χ3v) is 6.12. The van der Waals surface area contributed by atoms with Crippen LogP contribution in [0.2, 0.25) is 0 Å². The van der Waals surface area contributed by atoms with Gasteiger partial charge in [0.05, 0.1) is 23.8 Å². The van der Waals surface area contributed by atoms with Crippen LogP contribution < -0.4 is 10.1 Å². The normalized spacial score (nSPS) is 26.0.